The van der Waals surface area contributed by atoms with Gasteiger partial charge in [-0.25, -0.2) is 4.79 Å². The number of amides is 2. The third-order valence-electron chi connectivity index (χ3n) is 2.55. The normalized spacial score (nSPS) is 13.7. The van der Waals surface area contributed by atoms with E-state index in [1.807, 2.05) is 6.92 Å². The fraction of sp³-hybridized carbons (Fsp3) is 0.462. The van der Waals surface area contributed by atoms with E-state index in [1.54, 1.807) is 25.1 Å². The SMILES string of the molecule is CC(O)CC(C)CNC(=O)Nc1cccc(Cl)c1Cl. The number of rotatable bonds is 5. The van der Waals surface area contributed by atoms with Crippen LogP contribution in [0.3, 0.4) is 0 Å². The van der Waals surface area contributed by atoms with Crippen LogP contribution in [0.5, 0.6) is 0 Å². The van der Waals surface area contributed by atoms with Gasteiger partial charge in [-0.1, -0.05) is 36.2 Å². The van der Waals surface area contributed by atoms with Gasteiger partial charge in [0, 0.05) is 6.54 Å². The van der Waals surface area contributed by atoms with Crippen LogP contribution in [0.1, 0.15) is 20.3 Å². The molecule has 0 aliphatic rings. The molecule has 19 heavy (non-hydrogen) atoms. The van der Waals surface area contributed by atoms with Gasteiger partial charge in [-0.3, -0.25) is 0 Å². The molecule has 0 spiro atoms. The van der Waals surface area contributed by atoms with Crippen LogP contribution in [0.15, 0.2) is 18.2 Å². The van der Waals surface area contributed by atoms with Crippen LogP contribution in [0.4, 0.5) is 10.5 Å². The summed E-state index contributed by atoms with van der Waals surface area (Å²) in [5, 5.41) is 15.3. The van der Waals surface area contributed by atoms with Crippen LogP contribution in [0.25, 0.3) is 0 Å². The monoisotopic (exact) mass is 304 g/mol. The van der Waals surface area contributed by atoms with E-state index in [0.717, 1.165) is 0 Å². The summed E-state index contributed by atoms with van der Waals surface area (Å²) < 4.78 is 0. The molecule has 2 unspecified atom stereocenters. The second-order valence-corrected chi connectivity index (χ2v) is 5.41. The van der Waals surface area contributed by atoms with Crippen molar-refractivity contribution in [2.75, 3.05) is 11.9 Å². The summed E-state index contributed by atoms with van der Waals surface area (Å²) in [4.78, 5) is 11.7. The van der Waals surface area contributed by atoms with E-state index in [-0.39, 0.29) is 18.1 Å². The number of hydrogen-bond acceptors (Lipinski definition) is 2. The molecule has 3 N–H and O–H groups in total. The predicted octanol–water partition coefficient (Wildman–Crippen LogP) is 3.52. The summed E-state index contributed by atoms with van der Waals surface area (Å²) in [6.45, 7) is 4.16. The molecule has 106 valence electrons. The number of anilines is 1. The molecule has 0 saturated heterocycles. The summed E-state index contributed by atoms with van der Waals surface area (Å²) in [5.74, 6) is 0.195. The Hall–Kier alpha value is -0.970. The lowest BCUT2D eigenvalue weighted by Gasteiger charge is -2.15. The molecule has 0 heterocycles. The van der Waals surface area contributed by atoms with Gasteiger partial charge in [0.25, 0.3) is 0 Å². The highest BCUT2D eigenvalue weighted by Crippen LogP contribution is 2.29. The van der Waals surface area contributed by atoms with Gasteiger partial charge in [-0.05, 0) is 31.4 Å². The van der Waals surface area contributed by atoms with Crippen LogP contribution in [-0.2, 0) is 0 Å². The second-order valence-electron chi connectivity index (χ2n) is 4.63. The van der Waals surface area contributed by atoms with E-state index in [2.05, 4.69) is 10.6 Å². The van der Waals surface area contributed by atoms with Crippen LogP contribution in [0, 0.1) is 5.92 Å². The lowest BCUT2D eigenvalue weighted by Crippen LogP contribution is -2.33. The number of aliphatic hydroxyl groups is 1. The Labute approximate surface area is 123 Å². The standard InChI is InChI=1S/C13H18Cl2N2O2/c1-8(6-9(2)18)7-16-13(19)17-11-5-3-4-10(14)12(11)15/h3-5,8-9,18H,6-7H2,1-2H3,(H2,16,17,19). The molecular formula is C13H18Cl2N2O2. The molecule has 0 aliphatic carbocycles. The highest BCUT2D eigenvalue weighted by Gasteiger charge is 2.10. The van der Waals surface area contributed by atoms with Crippen molar-refractivity contribution in [3.63, 3.8) is 0 Å². The summed E-state index contributed by atoms with van der Waals surface area (Å²) in [7, 11) is 0. The van der Waals surface area contributed by atoms with E-state index in [1.165, 1.54) is 0 Å². The second kappa shape index (κ2) is 7.58. The van der Waals surface area contributed by atoms with Crippen molar-refractivity contribution in [2.24, 2.45) is 5.92 Å². The zero-order valence-corrected chi connectivity index (χ0v) is 12.4. The number of hydrogen-bond donors (Lipinski definition) is 3. The molecule has 1 aromatic rings. The molecule has 2 amide bonds. The van der Waals surface area contributed by atoms with Crippen molar-refractivity contribution >= 4 is 34.9 Å². The summed E-state index contributed by atoms with van der Waals surface area (Å²) >= 11 is 11.8. The van der Waals surface area contributed by atoms with Crippen molar-refractivity contribution in [1.82, 2.24) is 5.32 Å². The number of halogens is 2. The van der Waals surface area contributed by atoms with Crippen LogP contribution >= 0.6 is 23.2 Å². The molecule has 0 fully saturated rings. The lowest BCUT2D eigenvalue weighted by molar-refractivity contribution is 0.163. The number of nitrogens with one attached hydrogen (secondary N) is 2. The number of benzene rings is 1. The van der Waals surface area contributed by atoms with Crippen LogP contribution < -0.4 is 10.6 Å². The maximum absolute atomic E-state index is 11.7. The number of urea groups is 1. The molecule has 2 atom stereocenters. The Bertz CT molecular complexity index is 439. The summed E-state index contributed by atoms with van der Waals surface area (Å²) in [6, 6.07) is 4.69. The first kappa shape index (κ1) is 16.1. The minimum absolute atomic E-state index is 0.195. The minimum atomic E-state index is -0.373. The van der Waals surface area contributed by atoms with E-state index < -0.39 is 0 Å². The maximum atomic E-state index is 11.7. The number of aliphatic hydroxyl groups excluding tert-OH is 1. The molecular weight excluding hydrogens is 287 g/mol. The van der Waals surface area contributed by atoms with E-state index >= 15 is 0 Å². The molecule has 0 saturated carbocycles. The quantitative estimate of drug-likeness (QED) is 0.779. The number of carbonyl (C=O) groups is 1. The predicted molar refractivity (Wildman–Crippen MR) is 78.9 cm³/mol. The van der Waals surface area contributed by atoms with Gasteiger partial charge in [0.05, 0.1) is 21.8 Å². The third-order valence-corrected chi connectivity index (χ3v) is 3.37. The van der Waals surface area contributed by atoms with Gasteiger partial charge < -0.3 is 15.7 Å². The van der Waals surface area contributed by atoms with Crippen LogP contribution in [0.2, 0.25) is 10.0 Å². The van der Waals surface area contributed by atoms with Crippen molar-refractivity contribution in [3.05, 3.63) is 28.2 Å². The van der Waals surface area contributed by atoms with E-state index in [0.29, 0.717) is 28.7 Å². The Morgan fingerprint density at radius 2 is 2.05 bits per heavy atom. The van der Waals surface area contributed by atoms with Gasteiger partial charge in [-0.2, -0.15) is 0 Å². The molecule has 6 heteroatoms. The van der Waals surface area contributed by atoms with Gasteiger partial charge in [-0.15, -0.1) is 0 Å². The molecule has 4 nitrogen and oxygen atoms in total. The smallest absolute Gasteiger partial charge is 0.319 e. The summed E-state index contributed by atoms with van der Waals surface area (Å²) in [5.41, 5.74) is 0.467. The average Bonchev–Trinajstić information content (AvgIpc) is 2.32. The number of carbonyl (C=O) groups excluding carboxylic acids is 1. The summed E-state index contributed by atoms with van der Waals surface area (Å²) in [6.07, 6.45) is 0.264. The zero-order chi connectivity index (χ0) is 14.4. The van der Waals surface area contributed by atoms with E-state index in [9.17, 15) is 9.90 Å². The largest absolute Gasteiger partial charge is 0.393 e. The first-order valence-electron chi connectivity index (χ1n) is 6.07. The fourth-order valence-corrected chi connectivity index (χ4v) is 2.05. The van der Waals surface area contributed by atoms with Gasteiger partial charge in [0.1, 0.15) is 0 Å². The third kappa shape index (κ3) is 5.68. The van der Waals surface area contributed by atoms with Gasteiger partial charge in [0.15, 0.2) is 0 Å². The van der Waals surface area contributed by atoms with Gasteiger partial charge in [0.2, 0.25) is 0 Å². The molecule has 0 radical (unpaired) electrons. The maximum Gasteiger partial charge on any atom is 0.319 e. The van der Waals surface area contributed by atoms with E-state index in [4.69, 9.17) is 23.2 Å². The lowest BCUT2D eigenvalue weighted by atomic mass is 10.1. The first-order chi connectivity index (χ1) is 8.90. The van der Waals surface area contributed by atoms with Crippen molar-refractivity contribution < 1.29 is 9.90 Å². The molecule has 0 aromatic heterocycles. The average molecular weight is 305 g/mol. The molecule has 0 bridgehead atoms. The van der Waals surface area contributed by atoms with Gasteiger partial charge >= 0.3 is 6.03 Å². The Morgan fingerprint density at radius 1 is 1.37 bits per heavy atom. The van der Waals surface area contributed by atoms with Crippen LogP contribution in [-0.4, -0.2) is 23.8 Å². The zero-order valence-electron chi connectivity index (χ0n) is 10.9. The Balaban J connectivity index is 2.45. The highest BCUT2D eigenvalue weighted by atomic mass is 35.5. The van der Waals surface area contributed by atoms with Crippen molar-refractivity contribution in [1.29, 1.82) is 0 Å². The van der Waals surface area contributed by atoms with Crippen molar-refractivity contribution in [3.8, 4) is 0 Å². The molecule has 1 aromatic carbocycles. The fourth-order valence-electron chi connectivity index (χ4n) is 1.70. The first-order valence-corrected chi connectivity index (χ1v) is 6.82. The minimum Gasteiger partial charge on any atom is -0.393 e. The highest BCUT2D eigenvalue weighted by molar-refractivity contribution is 6.43. The Kier molecular flexibility index (Phi) is 6.42. The Morgan fingerprint density at radius 3 is 2.68 bits per heavy atom. The van der Waals surface area contributed by atoms with Crippen molar-refractivity contribution in [2.45, 2.75) is 26.4 Å². The topological polar surface area (TPSA) is 61.4 Å². The molecule has 1 rings (SSSR count). The molecule has 0 aliphatic heterocycles.